The molecule has 2 aliphatic rings. The summed E-state index contributed by atoms with van der Waals surface area (Å²) in [5.74, 6) is 1.94. The highest BCUT2D eigenvalue weighted by Gasteiger charge is 2.17. The molecule has 0 aromatic heterocycles. The standard InChI is InChI=1S/2C21H38O2/c2*1-19-15-16-21(23)18-20(19)14-12-10-8-6-4-2-3-5-7-9-11-13-17-22/h2*18-19,22H,2-17H2,1H3. The predicted molar refractivity (Wildman–Crippen MR) is 197 cm³/mol. The third-order valence-electron chi connectivity index (χ3n) is 10.4. The monoisotopic (exact) mass is 645 g/mol. The molecule has 2 rings (SSSR count). The van der Waals surface area contributed by atoms with Crippen molar-refractivity contribution in [2.45, 2.75) is 206 Å². The van der Waals surface area contributed by atoms with Crippen molar-refractivity contribution >= 4 is 11.6 Å². The van der Waals surface area contributed by atoms with Crippen molar-refractivity contribution in [3.63, 3.8) is 0 Å². The molecule has 268 valence electrons. The van der Waals surface area contributed by atoms with E-state index in [-0.39, 0.29) is 0 Å². The minimum atomic E-state index is 0.342. The quantitative estimate of drug-likeness (QED) is 0.0831. The van der Waals surface area contributed by atoms with Crippen LogP contribution in [0.5, 0.6) is 0 Å². The van der Waals surface area contributed by atoms with Crippen molar-refractivity contribution in [1.82, 2.24) is 0 Å². The van der Waals surface area contributed by atoms with Gasteiger partial charge in [0, 0.05) is 26.1 Å². The van der Waals surface area contributed by atoms with Gasteiger partial charge < -0.3 is 10.2 Å². The Morgan fingerprint density at radius 2 is 0.674 bits per heavy atom. The maximum atomic E-state index is 11.5. The lowest BCUT2D eigenvalue weighted by atomic mass is 9.85. The molecule has 0 saturated carbocycles. The summed E-state index contributed by atoms with van der Waals surface area (Å²) >= 11 is 0. The van der Waals surface area contributed by atoms with Crippen LogP contribution in [-0.2, 0) is 9.59 Å². The molecule has 2 unspecified atom stereocenters. The molecular weight excluding hydrogens is 568 g/mol. The summed E-state index contributed by atoms with van der Waals surface area (Å²) in [5, 5.41) is 17.4. The van der Waals surface area contributed by atoms with E-state index in [1.807, 2.05) is 12.2 Å². The fraction of sp³-hybridized carbons (Fsp3) is 0.857. The minimum absolute atomic E-state index is 0.342. The molecule has 4 heteroatoms. The maximum absolute atomic E-state index is 11.5. The van der Waals surface area contributed by atoms with E-state index in [0.29, 0.717) is 36.6 Å². The van der Waals surface area contributed by atoms with Gasteiger partial charge in [0.2, 0.25) is 0 Å². The van der Waals surface area contributed by atoms with Crippen molar-refractivity contribution in [3.05, 3.63) is 23.3 Å². The van der Waals surface area contributed by atoms with Crippen molar-refractivity contribution in [2.24, 2.45) is 11.8 Å². The second-order valence-electron chi connectivity index (χ2n) is 14.7. The third-order valence-corrected chi connectivity index (χ3v) is 10.4. The minimum Gasteiger partial charge on any atom is -0.396 e. The summed E-state index contributed by atoms with van der Waals surface area (Å²) in [4.78, 5) is 22.9. The van der Waals surface area contributed by atoms with E-state index >= 15 is 0 Å². The van der Waals surface area contributed by atoms with Crippen molar-refractivity contribution in [2.75, 3.05) is 13.2 Å². The molecule has 0 fully saturated rings. The van der Waals surface area contributed by atoms with Gasteiger partial charge in [-0.3, -0.25) is 9.59 Å². The molecule has 0 amide bonds. The Labute approximate surface area is 285 Å². The van der Waals surface area contributed by atoms with Crippen LogP contribution in [0.2, 0.25) is 0 Å². The van der Waals surface area contributed by atoms with Gasteiger partial charge in [-0.05, 0) is 75.4 Å². The molecule has 2 aliphatic carbocycles. The van der Waals surface area contributed by atoms with Gasteiger partial charge in [-0.15, -0.1) is 0 Å². The Morgan fingerprint density at radius 3 is 0.935 bits per heavy atom. The number of carbonyl (C=O) groups is 2. The van der Waals surface area contributed by atoms with Gasteiger partial charge in [-0.25, -0.2) is 0 Å². The molecular formula is C42H76O4. The molecule has 2 N–H and O–H groups in total. The lowest BCUT2D eigenvalue weighted by molar-refractivity contribution is -0.116. The number of aliphatic hydroxyl groups is 2. The van der Waals surface area contributed by atoms with Crippen LogP contribution in [0.4, 0.5) is 0 Å². The van der Waals surface area contributed by atoms with Crippen LogP contribution in [0.15, 0.2) is 23.3 Å². The van der Waals surface area contributed by atoms with Gasteiger partial charge in [-0.2, -0.15) is 0 Å². The molecule has 2 atom stereocenters. The lowest BCUT2D eigenvalue weighted by Gasteiger charge is -2.19. The summed E-state index contributed by atoms with van der Waals surface area (Å²) in [6, 6.07) is 0. The van der Waals surface area contributed by atoms with Crippen LogP contribution in [0, 0.1) is 11.8 Å². The first-order chi connectivity index (χ1) is 22.5. The summed E-state index contributed by atoms with van der Waals surface area (Å²) < 4.78 is 0. The Bertz CT molecular complexity index is 731. The molecule has 0 radical (unpaired) electrons. The second-order valence-corrected chi connectivity index (χ2v) is 14.7. The third kappa shape index (κ3) is 24.9. The van der Waals surface area contributed by atoms with Crippen LogP contribution < -0.4 is 0 Å². The zero-order valence-corrected chi connectivity index (χ0v) is 30.6. The predicted octanol–water partition coefficient (Wildman–Crippen LogP) is 12.0. The highest BCUT2D eigenvalue weighted by Crippen LogP contribution is 2.28. The van der Waals surface area contributed by atoms with Crippen LogP contribution in [0.1, 0.15) is 206 Å². The maximum Gasteiger partial charge on any atom is 0.155 e. The normalized spacial score (nSPS) is 18.3. The Balaban J connectivity index is 0.000000460. The van der Waals surface area contributed by atoms with E-state index in [9.17, 15) is 9.59 Å². The number of allylic oxidation sites excluding steroid dienone is 4. The average molecular weight is 645 g/mol. The summed E-state index contributed by atoms with van der Waals surface area (Å²) in [5.41, 5.74) is 2.81. The van der Waals surface area contributed by atoms with Gasteiger partial charge >= 0.3 is 0 Å². The number of aliphatic hydroxyl groups excluding tert-OH is 2. The largest absolute Gasteiger partial charge is 0.396 e. The van der Waals surface area contributed by atoms with Crippen molar-refractivity contribution < 1.29 is 19.8 Å². The molecule has 0 saturated heterocycles. The highest BCUT2D eigenvalue weighted by atomic mass is 16.3. The van der Waals surface area contributed by atoms with Crippen LogP contribution in [0.25, 0.3) is 0 Å². The Kier molecular flexibility index (Phi) is 28.9. The van der Waals surface area contributed by atoms with E-state index in [1.54, 1.807) is 0 Å². The summed E-state index contributed by atoms with van der Waals surface area (Å²) in [7, 11) is 0. The molecule has 0 aromatic carbocycles. The van der Waals surface area contributed by atoms with Gasteiger partial charge in [0.25, 0.3) is 0 Å². The summed E-state index contributed by atoms with van der Waals surface area (Å²) in [6.07, 6.45) is 41.0. The fourth-order valence-electron chi connectivity index (χ4n) is 6.99. The van der Waals surface area contributed by atoms with E-state index in [1.165, 1.54) is 152 Å². The number of hydrogen-bond donors (Lipinski definition) is 2. The number of hydrogen-bond acceptors (Lipinski definition) is 4. The first-order valence-electron chi connectivity index (χ1n) is 20.2. The molecule has 46 heavy (non-hydrogen) atoms. The first kappa shape index (κ1) is 42.8. The molecule has 0 bridgehead atoms. The molecule has 0 aromatic rings. The molecule has 4 nitrogen and oxygen atoms in total. The first-order valence-corrected chi connectivity index (χ1v) is 20.2. The SMILES string of the molecule is CC1CCC(=O)C=C1CCCCCCCCCCCCCCO.CC1CCC(=O)C=C1CCCCCCCCCCCCCCO. The smallest absolute Gasteiger partial charge is 0.155 e. The number of ketones is 2. The molecule has 0 heterocycles. The van der Waals surface area contributed by atoms with E-state index in [4.69, 9.17) is 10.2 Å². The zero-order chi connectivity index (χ0) is 33.5. The van der Waals surface area contributed by atoms with Gasteiger partial charge in [-0.1, -0.05) is 153 Å². The van der Waals surface area contributed by atoms with Crippen LogP contribution in [0.3, 0.4) is 0 Å². The van der Waals surface area contributed by atoms with Crippen LogP contribution in [-0.4, -0.2) is 35.0 Å². The van der Waals surface area contributed by atoms with E-state index in [2.05, 4.69) is 13.8 Å². The van der Waals surface area contributed by atoms with Crippen molar-refractivity contribution in [3.8, 4) is 0 Å². The molecule has 0 spiro atoms. The Morgan fingerprint density at radius 1 is 0.435 bits per heavy atom. The lowest BCUT2D eigenvalue weighted by Crippen LogP contribution is -2.11. The van der Waals surface area contributed by atoms with Crippen LogP contribution >= 0.6 is 0 Å². The van der Waals surface area contributed by atoms with E-state index < -0.39 is 0 Å². The zero-order valence-electron chi connectivity index (χ0n) is 30.6. The van der Waals surface area contributed by atoms with Gasteiger partial charge in [0.05, 0.1) is 0 Å². The average Bonchev–Trinajstić information content (AvgIpc) is 3.05. The van der Waals surface area contributed by atoms with Crippen molar-refractivity contribution in [1.29, 1.82) is 0 Å². The number of unbranched alkanes of at least 4 members (excludes halogenated alkanes) is 22. The van der Waals surface area contributed by atoms with E-state index in [0.717, 1.165) is 51.4 Å². The summed E-state index contributed by atoms with van der Waals surface area (Å²) in [6.45, 7) is 5.24. The topological polar surface area (TPSA) is 74.6 Å². The number of rotatable bonds is 28. The Hall–Kier alpha value is -1.26. The van der Waals surface area contributed by atoms with Gasteiger partial charge in [0.1, 0.15) is 0 Å². The second kappa shape index (κ2) is 31.0. The highest BCUT2D eigenvalue weighted by molar-refractivity contribution is 5.91. The molecule has 0 aliphatic heterocycles. The number of carbonyl (C=O) groups excluding carboxylic acids is 2. The fourth-order valence-corrected chi connectivity index (χ4v) is 6.99. The van der Waals surface area contributed by atoms with Gasteiger partial charge in [0.15, 0.2) is 11.6 Å².